The number of aliphatic imine (C=N–C) groups is 1. The van der Waals surface area contributed by atoms with Crippen molar-refractivity contribution in [3.05, 3.63) is 86.9 Å². The van der Waals surface area contributed by atoms with Gasteiger partial charge in [-0.1, -0.05) is 77.8 Å². The highest BCUT2D eigenvalue weighted by molar-refractivity contribution is 14.0. The Kier molecular flexibility index (Phi) is 12.2. The first kappa shape index (κ1) is 28.9. The molecule has 34 heavy (non-hydrogen) atoms. The molecule has 9 heteroatoms. The number of rotatable bonds is 8. The van der Waals surface area contributed by atoms with Crippen LogP contribution in [0.3, 0.4) is 0 Å². The van der Waals surface area contributed by atoms with Gasteiger partial charge in [-0.05, 0) is 53.3 Å². The summed E-state index contributed by atoms with van der Waals surface area (Å²) >= 11 is 20.4. The number of thioether (sulfide) groups is 1. The van der Waals surface area contributed by atoms with Crippen molar-refractivity contribution in [1.29, 1.82) is 0 Å². The monoisotopic (exact) mass is 650 g/mol. The average Bonchev–Trinajstić information content (AvgIpc) is 2.82. The molecule has 0 spiro atoms. The molecule has 0 radical (unpaired) electrons. The van der Waals surface area contributed by atoms with Crippen molar-refractivity contribution in [2.24, 2.45) is 4.99 Å². The van der Waals surface area contributed by atoms with Gasteiger partial charge in [0, 0.05) is 13.1 Å². The Balaban J connectivity index is 0.00000408. The van der Waals surface area contributed by atoms with Crippen molar-refractivity contribution in [3.8, 4) is 11.5 Å². The van der Waals surface area contributed by atoms with Gasteiger partial charge in [-0.15, -0.1) is 24.0 Å². The van der Waals surface area contributed by atoms with E-state index in [1.165, 1.54) is 0 Å². The Morgan fingerprint density at radius 2 is 1.26 bits per heavy atom. The van der Waals surface area contributed by atoms with Crippen LogP contribution in [0.4, 0.5) is 5.69 Å². The molecule has 0 aliphatic carbocycles. The minimum absolute atomic E-state index is 0. The Labute approximate surface area is 237 Å². The summed E-state index contributed by atoms with van der Waals surface area (Å²) in [5.41, 5.74) is 2.85. The van der Waals surface area contributed by atoms with E-state index in [0.29, 0.717) is 33.8 Å². The zero-order valence-electron chi connectivity index (χ0n) is 19.1. The van der Waals surface area contributed by atoms with E-state index in [2.05, 4.69) is 36.1 Å². The van der Waals surface area contributed by atoms with Gasteiger partial charge in [0.1, 0.15) is 11.5 Å². The summed E-state index contributed by atoms with van der Waals surface area (Å²) < 4.78 is 10.6. The second kappa shape index (κ2) is 14.3. The lowest BCUT2D eigenvalue weighted by atomic mass is 10.1. The summed E-state index contributed by atoms with van der Waals surface area (Å²) in [6.45, 7) is 3.40. The van der Waals surface area contributed by atoms with Crippen LogP contribution in [-0.4, -0.2) is 30.0 Å². The van der Waals surface area contributed by atoms with E-state index < -0.39 is 0 Å². The van der Waals surface area contributed by atoms with Crippen LogP contribution in [0.5, 0.6) is 11.5 Å². The Bertz CT molecular complexity index is 1050. The number of amidine groups is 1. The van der Waals surface area contributed by atoms with E-state index in [9.17, 15) is 0 Å². The standard InChI is InChI=1S/C25H25Cl3N2O2S.HI/c1-4-33-25(29-24-14-22(27)21(26)13-23(24)28)30(15-17-5-9-19(31-2)10-6-17)16-18-7-11-20(32-3)12-8-18;/h5-14H,4,15-16H2,1-3H3;1H. The molecule has 0 N–H and O–H groups in total. The van der Waals surface area contributed by atoms with Gasteiger partial charge in [-0.3, -0.25) is 0 Å². The van der Waals surface area contributed by atoms with Gasteiger partial charge in [0.05, 0.1) is 35.0 Å². The van der Waals surface area contributed by atoms with Gasteiger partial charge in [0.15, 0.2) is 5.17 Å². The summed E-state index contributed by atoms with van der Waals surface area (Å²) in [5, 5.41) is 2.10. The first-order valence-electron chi connectivity index (χ1n) is 10.3. The zero-order valence-corrected chi connectivity index (χ0v) is 24.5. The number of nitrogens with zero attached hydrogens (tertiary/aromatic N) is 2. The maximum absolute atomic E-state index is 6.43. The van der Waals surface area contributed by atoms with E-state index in [4.69, 9.17) is 49.3 Å². The second-order valence-corrected chi connectivity index (χ2v) is 9.55. The molecule has 0 saturated heterocycles. The van der Waals surface area contributed by atoms with Gasteiger partial charge < -0.3 is 14.4 Å². The molecule has 3 aromatic rings. The molecule has 0 aliphatic rings. The molecular weight excluding hydrogens is 626 g/mol. The highest BCUT2D eigenvalue weighted by atomic mass is 127. The maximum Gasteiger partial charge on any atom is 0.165 e. The quantitative estimate of drug-likeness (QED) is 0.106. The van der Waals surface area contributed by atoms with Crippen molar-refractivity contribution in [1.82, 2.24) is 4.90 Å². The number of hydrogen-bond acceptors (Lipinski definition) is 4. The SMILES string of the molecule is CCSC(=Nc1cc(Cl)c(Cl)cc1Cl)N(Cc1ccc(OC)cc1)Cc1ccc(OC)cc1.I. The highest BCUT2D eigenvalue weighted by Gasteiger charge is 2.16. The highest BCUT2D eigenvalue weighted by Crippen LogP contribution is 2.35. The maximum atomic E-state index is 6.43. The van der Waals surface area contributed by atoms with Crippen LogP contribution in [0.2, 0.25) is 15.1 Å². The second-order valence-electron chi connectivity index (χ2n) is 7.10. The molecule has 0 bridgehead atoms. The van der Waals surface area contributed by atoms with E-state index >= 15 is 0 Å². The van der Waals surface area contributed by atoms with Crippen LogP contribution in [0.15, 0.2) is 65.7 Å². The molecule has 0 aromatic heterocycles. The van der Waals surface area contributed by atoms with Gasteiger partial charge in [0.2, 0.25) is 0 Å². The lowest BCUT2D eigenvalue weighted by Crippen LogP contribution is -2.28. The summed E-state index contributed by atoms with van der Waals surface area (Å²) in [6.07, 6.45) is 0. The number of benzene rings is 3. The fourth-order valence-corrected chi connectivity index (χ4v) is 4.43. The third-order valence-electron chi connectivity index (χ3n) is 4.81. The van der Waals surface area contributed by atoms with Gasteiger partial charge in [-0.2, -0.15) is 0 Å². The lowest BCUT2D eigenvalue weighted by Gasteiger charge is -2.26. The molecule has 0 aliphatic heterocycles. The summed E-state index contributed by atoms with van der Waals surface area (Å²) in [4.78, 5) is 7.11. The first-order chi connectivity index (χ1) is 15.9. The molecule has 0 amide bonds. The van der Waals surface area contributed by atoms with Crippen molar-refractivity contribution in [2.45, 2.75) is 20.0 Å². The minimum atomic E-state index is 0. The molecule has 0 fully saturated rings. The first-order valence-corrected chi connectivity index (χ1v) is 12.4. The Morgan fingerprint density at radius 1 is 0.794 bits per heavy atom. The fraction of sp³-hybridized carbons (Fsp3) is 0.240. The number of methoxy groups -OCH3 is 2. The van der Waals surface area contributed by atoms with Crippen LogP contribution in [0.1, 0.15) is 18.1 Å². The zero-order chi connectivity index (χ0) is 23.8. The third-order valence-corrected chi connectivity index (χ3v) is 6.74. The Morgan fingerprint density at radius 3 is 1.71 bits per heavy atom. The van der Waals surface area contributed by atoms with Crippen LogP contribution in [0.25, 0.3) is 0 Å². The van der Waals surface area contributed by atoms with E-state index in [1.807, 2.05) is 24.3 Å². The van der Waals surface area contributed by atoms with Crippen LogP contribution >= 0.6 is 70.5 Å². The summed E-state index contributed by atoms with van der Waals surface area (Å²) in [7, 11) is 3.32. The third kappa shape index (κ3) is 8.12. The molecule has 0 atom stereocenters. The van der Waals surface area contributed by atoms with Crippen LogP contribution < -0.4 is 9.47 Å². The molecule has 0 saturated carbocycles. The fourth-order valence-electron chi connectivity index (χ4n) is 3.12. The van der Waals surface area contributed by atoms with Crippen molar-refractivity contribution >= 4 is 81.4 Å². The molecule has 182 valence electrons. The number of halogens is 4. The summed E-state index contributed by atoms with van der Waals surface area (Å²) in [6, 6.07) is 19.4. The number of ether oxygens (including phenoxy) is 2. The van der Waals surface area contributed by atoms with Crippen LogP contribution in [-0.2, 0) is 13.1 Å². The normalized spacial score (nSPS) is 11.1. The Hall–Kier alpha value is -1.32. The smallest absolute Gasteiger partial charge is 0.165 e. The van der Waals surface area contributed by atoms with Gasteiger partial charge in [-0.25, -0.2) is 4.99 Å². The van der Waals surface area contributed by atoms with Crippen LogP contribution in [0, 0.1) is 0 Å². The predicted octanol–water partition coefficient (Wildman–Crippen LogP) is 8.72. The van der Waals surface area contributed by atoms with Crippen molar-refractivity contribution in [2.75, 3.05) is 20.0 Å². The van der Waals surface area contributed by atoms with Crippen molar-refractivity contribution < 1.29 is 9.47 Å². The molecule has 0 unspecified atom stereocenters. The molecule has 0 heterocycles. The molecule has 4 nitrogen and oxygen atoms in total. The van der Waals surface area contributed by atoms with Gasteiger partial charge in [0.25, 0.3) is 0 Å². The average molecular weight is 652 g/mol. The van der Waals surface area contributed by atoms with E-state index in [1.54, 1.807) is 38.1 Å². The topological polar surface area (TPSA) is 34.1 Å². The molecule has 3 rings (SSSR count). The van der Waals surface area contributed by atoms with Crippen molar-refractivity contribution in [3.63, 3.8) is 0 Å². The minimum Gasteiger partial charge on any atom is -0.497 e. The lowest BCUT2D eigenvalue weighted by molar-refractivity contribution is 0.405. The molecular formula is C25H26Cl3IN2O2S. The van der Waals surface area contributed by atoms with E-state index in [0.717, 1.165) is 33.5 Å². The summed E-state index contributed by atoms with van der Waals surface area (Å²) in [5.74, 6) is 2.49. The largest absolute Gasteiger partial charge is 0.497 e. The van der Waals surface area contributed by atoms with E-state index in [-0.39, 0.29) is 24.0 Å². The number of hydrogen-bond donors (Lipinski definition) is 0. The predicted molar refractivity (Wildman–Crippen MR) is 157 cm³/mol. The van der Waals surface area contributed by atoms with Gasteiger partial charge >= 0.3 is 0 Å². The molecule has 3 aromatic carbocycles.